The second-order valence-corrected chi connectivity index (χ2v) is 1.71. The summed E-state index contributed by atoms with van der Waals surface area (Å²) in [5, 5.41) is 7.00. The van der Waals surface area contributed by atoms with Crippen LogP contribution in [0.2, 0.25) is 0 Å². The highest BCUT2D eigenvalue weighted by atomic mass is 16.2. The van der Waals surface area contributed by atoms with Crippen molar-refractivity contribution in [2.45, 2.75) is 27.2 Å². The zero-order valence-corrected chi connectivity index (χ0v) is 8.41. The smallest absolute Gasteiger partial charge is 0.0319 e. The zero-order chi connectivity index (χ0) is 9.82. The van der Waals surface area contributed by atoms with Gasteiger partial charge in [0.25, 0.3) is 0 Å². The molecule has 0 aliphatic carbocycles. The van der Waals surface area contributed by atoms with Gasteiger partial charge in [-0.05, 0) is 18.1 Å². The second-order valence-electron chi connectivity index (χ2n) is 1.71. The van der Waals surface area contributed by atoms with E-state index >= 15 is 0 Å². The number of pyridine rings is 1. The van der Waals surface area contributed by atoms with Crippen LogP contribution in [0.1, 0.15) is 26.3 Å². The van der Waals surface area contributed by atoms with E-state index in [1.165, 1.54) is 5.56 Å². The maximum absolute atomic E-state index is 7.00. The van der Waals surface area contributed by atoms with Crippen LogP contribution in [0, 0.1) is 0 Å². The van der Waals surface area contributed by atoms with Crippen LogP contribution in [-0.2, 0) is 6.42 Å². The maximum Gasteiger partial charge on any atom is 0.0319 e. The van der Waals surface area contributed by atoms with Crippen molar-refractivity contribution in [2.24, 2.45) is 0 Å². The summed E-state index contributed by atoms with van der Waals surface area (Å²) >= 11 is 0. The van der Waals surface area contributed by atoms with E-state index in [1.807, 2.05) is 26.1 Å². The first-order chi connectivity index (χ1) is 5.93. The molecule has 0 spiro atoms. The van der Waals surface area contributed by atoms with Crippen LogP contribution in [0.25, 0.3) is 0 Å². The van der Waals surface area contributed by atoms with Crippen LogP contribution in [0.4, 0.5) is 0 Å². The molecule has 0 atom stereocenters. The van der Waals surface area contributed by atoms with E-state index in [1.54, 1.807) is 6.20 Å². The van der Waals surface area contributed by atoms with E-state index in [0.29, 0.717) is 0 Å². The third-order valence-corrected chi connectivity index (χ3v) is 1.13. The molecule has 2 heteroatoms. The van der Waals surface area contributed by atoms with Gasteiger partial charge in [-0.25, -0.2) is 0 Å². The Bertz CT molecular complexity index is 151. The molecule has 12 heavy (non-hydrogen) atoms. The monoisotopic (exact) mass is 169 g/mol. The Labute approximate surface area is 75.3 Å². The predicted octanol–water partition coefficient (Wildman–Crippen LogP) is 2.28. The first-order valence-corrected chi connectivity index (χ1v) is 4.27. The minimum atomic E-state index is 1.00. The number of aromatic nitrogens is 1. The van der Waals surface area contributed by atoms with Crippen LogP contribution in [0.3, 0.4) is 0 Å². The Morgan fingerprint density at radius 3 is 2.17 bits per heavy atom. The lowest BCUT2D eigenvalue weighted by Gasteiger charge is -1.88. The Morgan fingerprint density at radius 1 is 1.33 bits per heavy atom. The summed E-state index contributed by atoms with van der Waals surface area (Å²) in [4.78, 5) is 3.96. The highest BCUT2D eigenvalue weighted by Gasteiger charge is 1.81. The van der Waals surface area contributed by atoms with Gasteiger partial charge in [-0.15, -0.1) is 0 Å². The molecule has 0 radical (unpaired) electrons. The van der Waals surface area contributed by atoms with Gasteiger partial charge in [-0.1, -0.05) is 26.8 Å². The normalized spacial score (nSPS) is 7.08. The fourth-order valence-electron chi connectivity index (χ4n) is 0.607. The standard InChI is InChI=1S/C7H9N.C2H6.CH4O/c1-2-7-4-3-5-8-6-7;2*1-2/h3-6H,2H2,1H3;1-2H3;2H,1H3. The number of nitrogens with zero attached hydrogens (tertiary/aromatic N) is 1. The Hall–Kier alpha value is -0.890. The van der Waals surface area contributed by atoms with Gasteiger partial charge in [0.1, 0.15) is 0 Å². The van der Waals surface area contributed by atoms with Crippen molar-refractivity contribution in [2.75, 3.05) is 7.11 Å². The van der Waals surface area contributed by atoms with E-state index < -0.39 is 0 Å². The van der Waals surface area contributed by atoms with Crippen LogP contribution in [0.5, 0.6) is 0 Å². The van der Waals surface area contributed by atoms with Crippen LogP contribution >= 0.6 is 0 Å². The summed E-state index contributed by atoms with van der Waals surface area (Å²) < 4.78 is 0. The van der Waals surface area contributed by atoms with E-state index in [4.69, 9.17) is 5.11 Å². The summed E-state index contributed by atoms with van der Waals surface area (Å²) in [5.41, 5.74) is 1.30. The van der Waals surface area contributed by atoms with Crippen LogP contribution < -0.4 is 0 Å². The SMILES string of the molecule is CC.CCc1cccnc1.CO. The van der Waals surface area contributed by atoms with Gasteiger partial charge >= 0.3 is 0 Å². The molecule has 0 unspecified atom stereocenters. The number of aryl methyl sites for hydroxylation is 1. The molecule has 0 saturated heterocycles. The average Bonchev–Trinajstić information content (AvgIpc) is 2.25. The molecule has 1 N–H and O–H groups in total. The van der Waals surface area contributed by atoms with E-state index in [2.05, 4.69) is 18.0 Å². The molecule has 0 aromatic carbocycles. The molecule has 2 nitrogen and oxygen atoms in total. The summed E-state index contributed by atoms with van der Waals surface area (Å²) in [6, 6.07) is 4.03. The number of hydrogen-bond donors (Lipinski definition) is 1. The van der Waals surface area contributed by atoms with Crippen molar-refractivity contribution in [3.63, 3.8) is 0 Å². The quantitative estimate of drug-likeness (QED) is 0.699. The Kier molecular flexibility index (Phi) is 14.5. The molecular formula is C10H19NO. The van der Waals surface area contributed by atoms with Crippen LogP contribution in [0.15, 0.2) is 24.5 Å². The predicted molar refractivity (Wildman–Crippen MR) is 53.1 cm³/mol. The summed E-state index contributed by atoms with van der Waals surface area (Å²) in [7, 11) is 1.00. The number of aliphatic hydroxyl groups is 1. The summed E-state index contributed by atoms with van der Waals surface area (Å²) in [6.45, 7) is 6.12. The first kappa shape index (κ1) is 13.7. The maximum atomic E-state index is 7.00. The second kappa shape index (κ2) is 12.8. The van der Waals surface area contributed by atoms with Crippen molar-refractivity contribution in [3.8, 4) is 0 Å². The van der Waals surface area contributed by atoms with E-state index in [9.17, 15) is 0 Å². The molecular weight excluding hydrogens is 150 g/mol. The zero-order valence-electron chi connectivity index (χ0n) is 8.41. The molecule has 70 valence electrons. The molecule has 1 aromatic heterocycles. The molecule has 0 fully saturated rings. The molecule has 1 rings (SSSR count). The lowest BCUT2D eigenvalue weighted by Crippen LogP contribution is -1.77. The minimum Gasteiger partial charge on any atom is -0.400 e. The topological polar surface area (TPSA) is 33.1 Å². The Balaban J connectivity index is 0. The van der Waals surface area contributed by atoms with E-state index in [0.717, 1.165) is 13.5 Å². The highest BCUT2D eigenvalue weighted by molar-refractivity contribution is 5.07. The lowest BCUT2D eigenvalue weighted by atomic mass is 10.2. The van der Waals surface area contributed by atoms with Gasteiger partial charge in [0.2, 0.25) is 0 Å². The number of hydrogen-bond acceptors (Lipinski definition) is 2. The molecule has 1 heterocycles. The van der Waals surface area contributed by atoms with Gasteiger partial charge in [-0.3, -0.25) is 4.98 Å². The molecule has 0 bridgehead atoms. The minimum absolute atomic E-state index is 1.00. The number of aliphatic hydroxyl groups excluding tert-OH is 1. The third-order valence-electron chi connectivity index (χ3n) is 1.13. The van der Waals surface area contributed by atoms with Crippen LogP contribution in [-0.4, -0.2) is 17.2 Å². The largest absolute Gasteiger partial charge is 0.400 e. The van der Waals surface area contributed by atoms with Gasteiger partial charge in [0, 0.05) is 19.5 Å². The lowest BCUT2D eigenvalue weighted by molar-refractivity contribution is 0.399. The molecule has 0 amide bonds. The molecule has 1 aromatic rings. The molecule has 0 aliphatic rings. The van der Waals surface area contributed by atoms with Crippen molar-refractivity contribution in [1.29, 1.82) is 0 Å². The summed E-state index contributed by atoms with van der Waals surface area (Å²) in [5.74, 6) is 0. The Morgan fingerprint density at radius 2 is 1.92 bits per heavy atom. The van der Waals surface area contributed by atoms with E-state index in [-0.39, 0.29) is 0 Å². The van der Waals surface area contributed by atoms with Crippen molar-refractivity contribution in [3.05, 3.63) is 30.1 Å². The fraction of sp³-hybridized carbons (Fsp3) is 0.500. The third kappa shape index (κ3) is 7.22. The van der Waals surface area contributed by atoms with Gasteiger partial charge in [-0.2, -0.15) is 0 Å². The van der Waals surface area contributed by atoms with Crippen molar-refractivity contribution >= 4 is 0 Å². The summed E-state index contributed by atoms with van der Waals surface area (Å²) in [6.07, 6.45) is 4.76. The van der Waals surface area contributed by atoms with Crippen molar-refractivity contribution in [1.82, 2.24) is 4.98 Å². The van der Waals surface area contributed by atoms with Gasteiger partial charge in [0.05, 0.1) is 0 Å². The van der Waals surface area contributed by atoms with Crippen molar-refractivity contribution < 1.29 is 5.11 Å². The highest BCUT2D eigenvalue weighted by Crippen LogP contribution is 1.93. The number of rotatable bonds is 1. The molecule has 0 aliphatic heterocycles. The average molecular weight is 169 g/mol. The first-order valence-electron chi connectivity index (χ1n) is 4.27. The molecule has 0 saturated carbocycles. The van der Waals surface area contributed by atoms with Gasteiger partial charge in [0.15, 0.2) is 0 Å². The van der Waals surface area contributed by atoms with Gasteiger partial charge < -0.3 is 5.11 Å². The fourth-order valence-corrected chi connectivity index (χ4v) is 0.607.